The first-order chi connectivity index (χ1) is 12.2. The third-order valence-electron chi connectivity index (χ3n) is 3.87. The summed E-state index contributed by atoms with van der Waals surface area (Å²) in [5.74, 6) is -0.558. The standard InChI is InChI=1S/C19H18FN3O2/c20-16-7-5-15(6-8-16)17-11-18(23-22-17)19(25)21-10-9-13-1-3-14(12-24)4-2-13/h1-8,11,24H,9-10,12H2,(H,21,25)(H,22,23). The Labute approximate surface area is 144 Å². The van der Waals surface area contributed by atoms with Gasteiger partial charge in [-0.15, -0.1) is 0 Å². The van der Waals surface area contributed by atoms with Crippen LogP contribution in [0.25, 0.3) is 11.3 Å². The zero-order chi connectivity index (χ0) is 17.6. The Balaban J connectivity index is 1.55. The van der Waals surface area contributed by atoms with Gasteiger partial charge in [-0.05, 0) is 47.9 Å². The number of carbonyl (C=O) groups excluding carboxylic acids is 1. The fraction of sp³-hybridized carbons (Fsp3) is 0.158. The summed E-state index contributed by atoms with van der Waals surface area (Å²) >= 11 is 0. The molecule has 0 fully saturated rings. The lowest BCUT2D eigenvalue weighted by Crippen LogP contribution is -2.26. The Morgan fingerprint density at radius 3 is 2.44 bits per heavy atom. The maximum Gasteiger partial charge on any atom is 0.269 e. The first-order valence-electron chi connectivity index (χ1n) is 7.94. The van der Waals surface area contributed by atoms with E-state index < -0.39 is 0 Å². The van der Waals surface area contributed by atoms with E-state index >= 15 is 0 Å². The van der Waals surface area contributed by atoms with Gasteiger partial charge in [-0.3, -0.25) is 9.89 Å². The van der Waals surface area contributed by atoms with Gasteiger partial charge in [0.2, 0.25) is 0 Å². The fourth-order valence-corrected chi connectivity index (χ4v) is 2.43. The van der Waals surface area contributed by atoms with Crippen LogP contribution in [0.1, 0.15) is 21.6 Å². The van der Waals surface area contributed by atoms with Crippen molar-refractivity contribution in [3.63, 3.8) is 0 Å². The van der Waals surface area contributed by atoms with Crippen molar-refractivity contribution in [1.82, 2.24) is 15.5 Å². The summed E-state index contributed by atoms with van der Waals surface area (Å²) in [7, 11) is 0. The number of aliphatic hydroxyl groups excluding tert-OH is 1. The van der Waals surface area contributed by atoms with Gasteiger partial charge in [0.05, 0.1) is 12.3 Å². The molecule has 0 saturated carbocycles. The third-order valence-corrected chi connectivity index (χ3v) is 3.87. The number of hydrogen-bond acceptors (Lipinski definition) is 3. The molecule has 0 spiro atoms. The number of aliphatic hydroxyl groups is 1. The molecule has 0 saturated heterocycles. The first kappa shape index (κ1) is 16.9. The summed E-state index contributed by atoms with van der Waals surface area (Å²) in [6, 6.07) is 15.2. The number of benzene rings is 2. The Morgan fingerprint density at radius 2 is 1.76 bits per heavy atom. The maximum absolute atomic E-state index is 13.0. The fourth-order valence-electron chi connectivity index (χ4n) is 2.43. The lowest BCUT2D eigenvalue weighted by molar-refractivity contribution is 0.0949. The lowest BCUT2D eigenvalue weighted by Gasteiger charge is -2.04. The predicted molar refractivity (Wildman–Crippen MR) is 92.4 cm³/mol. The molecular formula is C19H18FN3O2. The van der Waals surface area contributed by atoms with E-state index in [1.807, 2.05) is 24.3 Å². The summed E-state index contributed by atoms with van der Waals surface area (Å²) < 4.78 is 13.0. The van der Waals surface area contributed by atoms with Gasteiger partial charge >= 0.3 is 0 Å². The van der Waals surface area contributed by atoms with Crippen LogP contribution in [0, 0.1) is 5.82 Å². The van der Waals surface area contributed by atoms with Crippen molar-refractivity contribution in [3.8, 4) is 11.3 Å². The molecule has 25 heavy (non-hydrogen) atoms. The highest BCUT2D eigenvalue weighted by Gasteiger charge is 2.10. The molecule has 5 nitrogen and oxygen atoms in total. The van der Waals surface area contributed by atoms with E-state index in [1.165, 1.54) is 12.1 Å². The van der Waals surface area contributed by atoms with Crippen LogP contribution >= 0.6 is 0 Å². The minimum Gasteiger partial charge on any atom is -0.392 e. The van der Waals surface area contributed by atoms with Crippen LogP contribution in [0.5, 0.6) is 0 Å². The number of amides is 1. The molecule has 6 heteroatoms. The number of carbonyl (C=O) groups is 1. The zero-order valence-electron chi connectivity index (χ0n) is 13.5. The lowest BCUT2D eigenvalue weighted by atomic mass is 10.1. The van der Waals surface area contributed by atoms with Crippen molar-refractivity contribution in [2.24, 2.45) is 0 Å². The Kier molecular flexibility index (Phi) is 5.20. The van der Waals surface area contributed by atoms with Crippen LogP contribution < -0.4 is 5.32 Å². The monoisotopic (exact) mass is 339 g/mol. The van der Waals surface area contributed by atoms with Crippen LogP contribution in [0.2, 0.25) is 0 Å². The number of aromatic nitrogens is 2. The first-order valence-corrected chi connectivity index (χ1v) is 7.94. The van der Waals surface area contributed by atoms with Gasteiger partial charge in [0, 0.05) is 12.1 Å². The van der Waals surface area contributed by atoms with Gasteiger partial charge in [-0.1, -0.05) is 24.3 Å². The van der Waals surface area contributed by atoms with Gasteiger partial charge in [-0.25, -0.2) is 4.39 Å². The second-order valence-corrected chi connectivity index (χ2v) is 5.65. The van der Waals surface area contributed by atoms with E-state index in [0.29, 0.717) is 24.4 Å². The number of nitrogens with one attached hydrogen (secondary N) is 2. The van der Waals surface area contributed by atoms with Crippen molar-refractivity contribution in [2.45, 2.75) is 13.0 Å². The topological polar surface area (TPSA) is 78.0 Å². The SMILES string of the molecule is O=C(NCCc1ccc(CO)cc1)c1cc(-c2ccc(F)cc2)n[nH]1. The molecule has 3 N–H and O–H groups in total. The molecule has 0 bridgehead atoms. The third kappa shape index (κ3) is 4.30. The number of H-pyrrole nitrogens is 1. The Morgan fingerprint density at radius 1 is 1.08 bits per heavy atom. The Bertz CT molecular complexity index is 842. The van der Waals surface area contributed by atoms with Gasteiger partial charge in [0.25, 0.3) is 5.91 Å². The molecular weight excluding hydrogens is 321 g/mol. The summed E-state index contributed by atoms with van der Waals surface area (Å²) in [5.41, 5.74) is 3.62. The molecule has 1 amide bonds. The highest BCUT2D eigenvalue weighted by atomic mass is 19.1. The molecule has 0 aliphatic heterocycles. The average molecular weight is 339 g/mol. The highest BCUT2D eigenvalue weighted by molar-refractivity contribution is 5.93. The quantitative estimate of drug-likeness (QED) is 0.646. The molecule has 1 aromatic heterocycles. The van der Waals surface area contributed by atoms with E-state index in [9.17, 15) is 9.18 Å². The molecule has 0 aliphatic rings. The summed E-state index contributed by atoms with van der Waals surface area (Å²) in [5, 5.41) is 18.6. The molecule has 3 aromatic rings. The molecule has 0 unspecified atom stereocenters. The molecule has 0 radical (unpaired) electrons. The molecule has 0 aliphatic carbocycles. The molecule has 128 valence electrons. The van der Waals surface area contributed by atoms with Crippen molar-refractivity contribution in [1.29, 1.82) is 0 Å². The summed E-state index contributed by atoms with van der Waals surface area (Å²) in [6.07, 6.45) is 0.691. The van der Waals surface area contributed by atoms with E-state index in [1.54, 1.807) is 18.2 Å². The van der Waals surface area contributed by atoms with E-state index in [-0.39, 0.29) is 18.3 Å². The normalized spacial score (nSPS) is 10.6. The van der Waals surface area contributed by atoms with Crippen molar-refractivity contribution < 1.29 is 14.3 Å². The molecule has 1 heterocycles. The van der Waals surface area contributed by atoms with Gasteiger partial charge < -0.3 is 10.4 Å². The molecule has 0 atom stereocenters. The number of hydrogen-bond donors (Lipinski definition) is 3. The second-order valence-electron chi connectivity index (χ2n) is 5.65. The van der Waals surface area contributed by atoms with Crippen LogP contribution in [-0.4, -0.2) is 27.8 Å². The number of aromatic amines is 1. The van der Waals surface area contributed by atoms with Crippen LogP contribution in [0.15, 0.2) is 54.6 Å². The summed E-state index contributed by atoms with van der Waals surface area (Å²) in [4.78, 5) is 12.2. The number of rotatable bonds is 6. The van der Waals surface area contributed by atoms with E-state index in [0.717, 1.165) is 16.7 Å². The van der Waals surface area contributed by atoms with Gasteiger partial charge in [0.15, 0.2) is 0 Å². The molecule has 3 rings (SSSR count). The maximum atomic E-state index is 13.0. The minimum atomic E-state index is -0.315. The smallest absolute Gasteiger partial charge is 0.269 e. The van der Waals surface area contributed by atoms with Crippen LogP contribution in [0.3, 0.4) is 0 Å². The van der Waals surface area contributed by atoms with Crippen LogP contribution in [-0.2, 0) is 13.0 Å². The van der Waals surface area contributed by atoms with Gasteiger partial charge in [-0.2, -0.15) is 5.10 Å². The number of nitrogens with zero attached hydrogens (tertiary/aromatic N) is 1. The van der Waals surface area contributed by atoms with E-state index in [2.05, 4.69) is 15.5 Å². The van der Waals surface area contributed by atoms with Crippen molar-refractivity contribution in [2.75, 3.05) is 6.54 Å². The van der Waals surface area contributed by atoms with Crippen molar-refractivity contribution >= 4 is 5.91 Å². The van der Waals surface area contributed by atoms with Crippen LogP contribution in [0.4, 0.5) is 4.39 Å². The molecule has 2 aromatic carbocycles. The largest absolute Gasteiger partial charge is 0.392 e. The predicted octanol–water partition coefficient (Wildman–Crippen LogP) is 2.68. The van der Waals surface area contributed by atoms with Crippen molar-refractivity contribution in [3.05, 3.63) is 77.2 Å². The summed E-state index contributed by atoms with van der Waals surface area (Å²) in [6.45, 7) is 0.509. The minimum absolute atomic E-state index is 0.0211. The average Bonchev–Trinajstić information content (AvgIpc) is 3.13. The zero-order valence-corrected chi connectivity index (χ0v) is 13.5. The Hall–Kier alpha value is -2.99. The highest BCUT2D eigenvalue weighted by Crippen LogP contribution is 2.17. The van der Waals surface area contributed by atoms with E-state index in [4.69, 9.17) is 5.11 Å². The number of halogens is 1. The second kappa shape index (κ2) is 7.72. The van der Waals surface area contributed by atoms with Gasteiger partial charge in [0.1, 0.15) is 11.5 Å².